The van der Waals surface area contributed by atoms with Crippen LogP contribution in [0, 0.1) is 0 Å². The molecule has 24 heavy (non-hydrogen) atoms. The lowest BCUT2D eigenvalue weighted by Gasteiger charge is -2.10. The molecule has 2 amide bonds. The number of carbonyl (C=O) groups excluding carboxylic acids is 1. The summed E-state index contributed by atoms with van der Waals surface area (Å²) in [5.41, 5.74) is 1.21. The van der Waals surface area contributed by atoms with E-state index in [4.69, 9.17) is 16.3 Å². The van der Waals surface area contributed by atoms with Crippen LogP contribution in [0.25, 0.3) is 0 Å². The van der Waals surface area contributed by atoms with E-state index in [9.17, 15) is 4.79 Å². The predicted octanol–water partition coefficient (Wildman–Crippen LogP) is 4.41. The SMILES string of the molecule is O=C(NCCCOc1ccc(Br)cc1Cl)NCCc1ccccc1. The second kappa shape index (κ2) is 10.2. The third-order valence-corrected chi connectivity index (χ3v) is 4.09. The molecular formula is C18H20BrClN2O2. The quantitative estimate of drug-likeness (QED) is 0.632. The van der Waals surface area contributed by atoms with Gasteiger partial charge < -0.3 is 15.4 Å². The number of ether oxygens (including phenoxy) is 1. The summed E-state index contributed by atoms with van der Waals surface area (Å²) in [6.07, 6.45) is 1.53. The van der Waals surface area contributed by atoms with Crippen LogP contribution in [0.5, 0.6) is 5.75 Å². The Bertz CT molecular complexity index is 653. The highest BCUT2D eigenvalue weighted by Crippen LogP contribution is 2.27. The number of carbonyl (C=O) groups is 1. The third kappa shape index (κ3) is 6.81. The number of urea groups is 1. The van der Waals surface area contributed by atoms with Gasteiger partial charge in [-0.25, -0.2) is 4.79 Å². The van der Waals surface area contributed by atoms with Gasteiger partial charge in [0.1, 0.15) is 5.75 Å². The first-order valence-corrected chi connectivity index (χ1v) is 8.96. The molecule has 128 valence electrons. The van der Waals surface area contributed by atoms with Gasteiger partial charge in [0.15, 0.2) is 0 Å². The summed E-state index contributed by atoms with van der Waals surface area (Å²) in [5, 5.41) is 6.21. The summed E-state index contributed by atoms with van der Waals surface area (Å²) < 4.78 is 6.50. The zero-order valence-electron chi connectivity index (χ0n) is 13.2. The number of rotatable bonds is 8. The van der Waals surface area contributed by atoms with Gasteiger partial charge in [0, 0.05) is 17.6 Å². The van der Waals surface area contributed by atoms with E-state index >= 15 is 0 Å². The first-order chi connectivity index (χ1) is 11.6. The first kappa shape index (κ1) is 18.6. The average Bonchev–Trinajstić information content (AvgIpc) is 2.57. The molecule has 0 saturated carbocycles. The Balaban J connectivity index is 1.54. The fraction of sp³-hybridized carbons (Fsp3) is 0.278. The summed E-state index contributed by atoms with van der Waals surface area (Å²) in [6, 6.07) is 15.4. The van der Waals surface area contributed by atoms with Crippen molar-refractivity contribution in [1.82, 2.24) is 10.6 Å². The lowest BCUT2D eigenvalue weighted by atomic mass is 10.1. The van der Waals surface area contributed by atoms with Gasteiger partial charge in [-0.1, -0.05) is 57.9 Å². The molecule has 0 aliphatic rings. The Hall–Kier alpha value is -1.72. The number of benzene rings is 2. The van der Waals surface area contributed by atoms with Gasteiger partial charge in [-0.2, -0.15) is 0 Å². The van der Waals surface area contributed by atoms with Gasteiger partial charge in [-0.15, -0.1) is 0 Å². The van der Waals surface area contributed by atoms with Crippen molar-refractivity contribution in [3.05, 3.63) is 63.6 Å². The van der Waals surface area contributed by atoms with Gasteiger partial charge in [-0.05, 0) is 36.6 Å². The van der Waals surface area contributed by atoms with E-state index in [1.54, 1.807) is 6.07 Å². The number of hydrogen-bond acceptors (Lipinski definition) is 2. The van der Waals surface area contributed by atoms with Crippen LogP contribution in [0.3, 0.4) is 0 Å². The van der Waals surface area contributed by atoms with Crippen molar-refractivity contribution in [3.8, 4) is 5.75 Å². The fourth-order valence-corrected chi connectivity index (χ4v) is 2.80. The highest BCUT2D eigenvalue weighted by Gasteiger charge is 2.03. The van der Waals surface area contributed by atoms with Crippen molar-refractivity contribution in [2.24, 2.45) is 0 Å². The van der Waals surface area contributed by atoms with Crippen LogP contribution in [0.4, 0.5) is 4.79 Å². The normalized spacial score (nSPS) is 10.2. The van der Waals surface area contributed by atoms with Crippen molar-refractivity contribution < 1.29 is 9.53 Å². The van der Waals surface area contributed by atoms with Gasteiger partial charge in [0.25, 0.3) is 0 Å². The largest absolute Gasteiger partial charge is 0.492 e. The smallest absolute Gasteiger partial charge is 0.314 e. The van der Waals surface area contributed by atoms with Crippen molar-refractivity contribution in [1.29, 1.82) is 0 Å². The molecule has 0 atom stereocenters. The topological polar surface area (TPSA) is 50.4 Å². The maximum Gasteiger partial charge on any atom is 0.314 e. The zero-order valence-corrected chi connectivity index (χ0v) is 15.6. The molecule has 2 aromatic rings. The molecule has 4 nitrogen and oxygen atoms in total. The maximum atomic E-state index is 11.7. The van der Waals surface area contributed by atoms with Crippen molar-refractivity contribution >= 4 is 33.6 Å². The summed E-state index contributed by atoms with van der Waals surface area (Å²) in [4.78, 5) is 11.7. The Labute approximate surface area is 155 Å². The minimum Gasteiger partial charge on any atom is -0.492 e. The molecular weight excluding hydrogens is 392 g/mol. The van der Waals surface area contributed by atoms with Gasteiger partial charge in [-0.3, -0.25) is 0 Å². The van der Waals surface area contributed by atoms with E-state index in [0.29, 0.717) is 36.9 Å². The fourth-order valence-electron chi connectivity index (χ4n) is 2.08. The number of nitrogens with one attached hydrogen (secondary N) is 2. The zero-order chi connectivity index (χ0) is 17.2. The molecule has 0 aliphatic carbocycles. The highest BCUT2D eigenvalue weighted by molar-refractivity contribution is 9.10. The van der Waals surface area contributed by atoms with Crippen LogP contribution >= 0.6 is 27.5 Å². The molecule has 2 aromatic carbocycles. The molecule has 6 heteroatoms. The summed E-state index contributed by atoms with van der Waals surface area (Å²) >= 11 is 9.41. The van der Waals surface area contributed by atoms with Crippen LogP contribution in [0.15, 0.2) is 53.0 Å². The Morgan fingerprint density at radius 1 is 1.08 bits per heavy atom. The van der Waals surface area contributed by atoms with E-state index in [1.165, 1.54) is 5.56 Å². The summed E-state index contributed by atoms with van der Waals surface area (Å²) in [5.74, 6) is 0.646. The molecule has 0 radical (unpaired) electrons. The van der Waals surface area contributed by atoms with Crippen LogP contribution < -0.4 is 15.4 Å². The Kier molecular flexibility index (Phi) is 7.92. The number of halogens is 2. The first-order valence-electron chi connectivity index (χ1n) is 7.78. The predicted molar refractivity (Wildman–Crippen MR) is 101 cm³/mol. The molecule has 0 heterocycles. The summed E-state index contributed by atoms with van der Waals surface area (Å²) in [6.45, 7) is 1.65. The lowest BCUT2D eigenvalue weighted by molar-refractivity contribution is 0.239. The van der Waals surface area contributed by atoms with E-state index in [1.807, 2.05) is 42.5 Å². The molecule has 0 fully saturated rings. The molecule has 0 bridgehead atoms. The van der Waals surface area contributed by atoms with Crippen LogP contribution in [-0.4, -0.2) is 25.7 Å². The molecule has 0 spiro atoms. The maximum absolute atomic E-state index is 11.7. The Morgan fingerprint density at radius 2 is 1.83 bits per heavy atom. The van der Waals surface area contributed by atoms with E-state index in [0.717, 1.165) is 10.9 Å². The Morgan fingerprint density at radius 3 is 2.58 bits per heavy atom. The van der Waals surface area contributed by atoms with Gasteiger partial charge in [0.05, 0.1) is 11.6 Å². The standard InChI is InChI=1S/C18H20BrClN2O2/c19-15-7-8-17(16(20)13-15)24-12-4-10-21-18(23)22-11-9-14-5-2-1-3-6-14/h1-3,5-8,13H,4,9-12H2,(H2,21,22,23). The van der Waals surface area contributed by atoms with Crippen molar-refractivity contribution in [3.63, 3.8) is 0 Å². The van der Waals surface area contributed by atoms with Gasteiger partial charge >= 0.3 is 6.03 Å². The highest BCUT2D eigenvalue weighted by atomic mass is 79.9. The minimum atomic E-state index is -0.160. The van der Waals surface area contributed by atoms with Crippen LogP contribution in [0.1, 0.15) is 12.0 Å². The summed E-state index contributed by atoms with van der Waals surface area (Å²) in [7, 11) is 0. The van der Waals surface area contributed by atoms with Crippen molar-refractivity contribution in [2.75, 3.05) is 19.7 Å². The number of hydrogen-bond donors (Lipinski definition) is 2. The third-order valence-electron chi connectivity index (χ3n) is 3.30. The van der Waals surface area contributed by atoms with Crippen LogP contribution in [0.2, 0.25) is 5.02 Å². The monoisotopic (exact) mass is 410 g/mol. The molecule has 0 unspecified atom stereocenters. The lowest BCUT2D eigenvalue weighted by Crippen LogP contribution is -2.37. The molecule has 2 rings (SSSR count). The second-order valence-corrected chi connectivity index (χ2v) is 6.52. The van der Waals surface area contributed by atoms with E-state index in [2.05, 4.69) is 26.6 Å². The average molecular weight is 412 g/mol. The molecule has 0 aromatic heterocycles. The minimum absolute atomic E-state index is 0.160. The van der Waals surface area contributed by atoms with Crippen molar-refractivity contribution in [2.45, 2.75) is 12.8 Å². The number of amides is 2. The molecule has 0 aliphatic heterocycles. The van der Waals surface area contributed by atoms with E-state index in [-0.39, 0.29) is 6.03 Å². The van der Waals surface area contributed by atoms with Crippen LogP contribution in [-0.2, 0) is 6.42 Å². The molecule has 0 saturated heterocycles. The molecule has 2 N–H and O–H groups in total. The second-order valence-electron chi connectivity index (χ2n) is 5.20. The van der Waals surface area contributed by atoms with Gasteiger partial charge in [0.2, 0.25) is 0 Å². The van der Waals surface area contributed by atoms with E-state index < -0.39 is 0 Å².